The molecule has 3 rings (SSSR count). The molecule has 4 nitrogen and oxygen atoms in total. The first-order chi connectivity index (χ1) is 10.2. The molecule has 2 aromatic carbocycles. The number of ether oxygens (including phenoxy) is 2. The van der Waals surface area contributed by atoms with Gasteiger partial charge in [-0.15, -0.1) is 0 Å². The zero-order chi connectivity index (χ0) is 14.7. The Kier molecular flexibility index (Phi) is 3.60. The van der Waals surface area contributed by atoms with Crippen molar-refractivity contribution < 1.29 is 14.6 Å². The summed E-state index contributed by atoms with van der Waals surface area (Å²) < 4.78 is 10.6. The molecule has 4 heteroatoms. The van der Waals surface area contributed by atoms with Gasteiger partial charge in [0.15, 0.2) is 17.2 Å². The van der Waals surface area contributed by atoms with Crippen molar-refractivity contribution in [1.29, 1.82) is 0 Å². The van der Waals surface area contributed by atoms with E-state index in [1.807, 2.05) is 24.3 Å². The van der Waals surface area contributed by atoms with E-state index >= 15 is 0 Å². The number of benzene rings is 1. The van der Waals surface area contributed by atoms with Gasteiger partial charge in [0.25, 0.3) is 0 Å². The third-order valence-corrected chi connectivity index (χ3v) is 3.23. The maximum Gasteiger partial charge on any atom is 0.231 e. The van der Waals surface area contributed by atoms with E-state index < -0.39 is 0 Å². The van der Waals surface area contributed by atoms with E-state index in [2.05, 4.69) is 0 Å². The van der Waals surface area contributed by atoms with Crippen LogP contribution in [0.25, 0.3) is 6.08 Å². The van der Waals surface area contributed by atoms with Gasteiger partial charge in [-0.25, -0.2) is 0 Å². The monoisotopic (exact) mass is 282 g/mol. The van der Waals surface area contributed by atoms with Crippen LogP contribution >= 0.6 is 0 Å². The van der Waals surface area contributed by atoms with Gasteiger partial charge >= 0.3 is 0 Å². The summed E-state index contributed by atoms with van der Waals surface area (Å²) in [5, 5.41) is 9.78. The Hall–Kier alpha value is -2.75. The Morgan fingerprint density at radius 3 is 2.81 bits per heavy atom. The molecule has 0 spiro atoms. The zero-order valence-corrected chi connectivity index (χ0v) is 11.3. The molecule has 0 aromatic heterocycles. The molecule has 0 fully saturated rings. The molecule has 0 saturated carbocycles. The van der Waals surface area contributed by atoms with Gasteiger partial charge in [-0.05, 0) is 30.2 Å². The van der Waals surface area contributed by atoms with Crippen LogP contribution < -0.4 is 14.9 Å². The number of rotatable bonds is 3. The van der Waals surface area contributed by atoms with Crippen LogP contribution in [0.15, 0.2) is 53.3 Å². The van der Waals surface area contributed by atoms with Crippen LogP contribution in [-0.2, 0) is 6.42 Å². The van der Waals surface area contributed by atoms with Crippen LogP contribution in [0.2, 0.25) is 0 Å². The predicted molar refractivity (Wildman–Crippen MR) is 79.7 cm³/mol. The summed E-state index contributed by atoms with van der Waals surface area (Å²) in [6.07, 6.45) is 4.30. The minimum absolute atomic E-state index is 0.234. The van der Waals surface area contributed by atoms with Crippen molar-refractivity contribution >= 4 is 6.08 Å². The van der Waals surface area contributed by atoms with Crippen molar-refractivity contribution in [3.05, 3.63) is 69.9 Å². The summed E-state index contributed by atoms with van der Waals surface area (Å²) in [5.41, 5.74) is 1.19. The molecule has 0 radical (unpaired) electrons. The maximum absolute atomic E-state index is 11.5. The van der Waals surface area contributed by atoms with E-state index in [4.69, 9.17) is 9.47 Å². The van der Waals surface area contributed by atoms with Gasteiger partial charge in [-0.3, -0.25) is 4.79 Å². The highest BCUT2D eigenvalue weighted by molar-refractivity contribution is 5.56. The van der Waals surface area contributed by atoms with E-state index in [0.29, 0.717) is 12.0 Å². The van der Waals surface area contributed by atoms with E-state index in [0.717, 1.165) is 17.1 Å². The smallest absolute Gasteiger partial charge is 0.231 e. The highest BCUT2D eigenvalue weighted by atomic mass is 16.7. The summed E-state index contributed by atoms with van der Waals surface area (Å²) in [4.78, 5) is 11.5. The van der Waals surface area contributed by atoms with Crippen molar-refractivity contribution in [2.75, 3.05) is 6.79 Å². The lowest BCUT2D eigenvalue weighted by Gasteiger charge is -1.99. The Morgan fingerprint density at radius 1 is 1.10 bits per heavy atom. The van der Waals surface area contributed by atoms with Gasteiger partial charge in [-0.1, -0.05) is 36.4 Å². The predicted octanol–water partition coefficient (Wildman–Crippen LogP) is 2.74. The van der Waals surface area contributed by atoms with E-state index in [1.54, 1.807) is 24.3 Å². The molecule has 0 aliphatic carbocycles. The van der Waals surface area contributed by atoms with Gasteiger partial charge in [0.1, 0.15) is 0 Å². The molecule has 21 heavy (non-hydrogen) atoms. The molecule has 2 aromatic rings. The Morgan fingerprint density at radius 2 is 1.90 bits per heavy atom. The average molecular weight is 282 g/mol. The molecule has 1 aliphatic heterocycles. The molecule has 1 heterocycles. The number of aromatic hydroxyl groups is 1. The van der Waals surface area contributed by atoms with Gasteiger partial charge < -0.3 is 14.6 Å². The lowest BCUT2D eigenvalue weighted by atomic mass is 10.1. The Bertz CT molecular complexity index is 750. The third-order valence-electron chi connectivity index (χ3n) is 3.23. The van der Waals surface area contributed by atoms with Crippen LogP contribution in [-0.4, -0.2) is 11.9 Å². The number of fused-ring (bicyclic) bond motifs is 1. The fourth-order valence-electron chi connectivity index (χ4n) is 2.13. The highest BCUT2D eigenvalue weighted by Gasteiger charge is 2.12. The Balaban J connectivity index is 1.78. The van der Waals surface area contributed by atoms with Crippen LogP contribution in [0.1, 0.15) is 11.1 Å². The fraction of sp³-hybridized carbons (Fsp3) is 0.118. The Labute approximate surface area is 121 Å². The first-order valence-corrected chi connectivity index (χ1v) is 6.61. The molecule has 1 aliphatic rings. The third kappa shape index (κ3) is 2.89. The topological polar surface area (TPSA) is 55.8 Å². The maximum atomic E-state index is 11.5. The van der Waals surface area contributed by atoms with Crippen LogP contribution in [0, 0.1) is 0 Å². The molecule has 106 valence electrons. The molecular weight excluding hydrogens is 268 g/mol. The van der Waals surface area contributed by atoms with Crippen molar-refractivity contribution in [2.45, 2.75) is 6.42 Å². The van der Waals surface area contributed by atoms with Crippen molar-refractivity contribution in [3.8, 4) is 17.2 Å². The summed E-state index contributed by atoms with van der Waals surface area (Å²) in [6.45, 7) is 0.259. The van der Waals surface area contributed by atoms with Gasteiger partial charge in [-0.2, -0.15) is 0 Å². The van der Waals surface area contributed by atoms with Gasteiger partial charge in [0.05, 0.1) is 0 Å². The standard InChI is InChI=1S/C17H14O4/c18-14-7-2-1-5-13(17(14)19)6-3-4-12-8-9-15-16(10-12)21-11-20-15/h1-3,5-10H,4,11H2,(H,18,19)/b6-3+. The fourth-order valence-corrected chi connectivity index (χ4v) is 2.13. The van der Waals surface area contributed by atoms with E-state index in [-0.39, 0.29) is 18.0 Å². The molecule has 0 atom stereocenters. The van der Waals surface area contributed by atoms with Gasteiger partial charge in [0, 0.05) is 5.56 Å². The van der Waals surface area contributed by atoms with E-state index in [9.17, 15) is 9.90 Å². The lowest BCUT2D eigenvalue weighted by Crippen LogP contribution is -1.94. The quantitative estimate of drug-likeness (QED) is 0.940. The molecular formula is C17H14O4. The zero-order valence-electron chi connectivity index (χ0n) is 11.3. The van der Waals surface area contributed by atoms with Crippen molar-refractivity contribution in [3.63, 3.8) is 0 Å². The second kappa shape index (κ2) is 5.71. The van der Waals surface area contributed by atoms with Crippen LogP contribution in [0.5, 0.6) is 17.2 Å². The van der Waals surface area contributed by atoms with Crippen molar-refractivity contribution in [2.24, 2.45) is 0 Å². The average Bonchev–Trinajstić information content (AvgIpc) is 2.90. The first-order valence-electron chi connectivity index (χ1n) is 6.61. The first kappa shape index (κ1) is 13.2. The highest BCUT2D eigenvalue weighted by Crippen LogP contribution is 2.32. The van der Waals surface area contributed by atoms with E-state index in [1.165, 1.54) is 6.07 Å². The molecule has 0 bridgehead atoms. The van der Waals surface area contributed by atoms with Gasteiger partial charge in [0.2, 0.25) is 12.2 Å². The summed E-state index contributed by atoms with van der Waals surface area (Å²) in [5.74, 6) is 1.27. The minimum Gasteiger partial charge on any atom is -0.504 e. The largest absolute Gasteiger partial charge is 0.504 e. The molecule has 1 N–H and O–H groups in total. The molecule has 0 saturated heterocycles. The summed E-state index contributed by atoms with van der Waals surface area (Å²) in [7, 11) is 0. The molecule has 0 amide bonds. The van der Waals surface area contributed by atoms with Crippen LogP contribution in [0.4, 0.5) is 0 Å². The second-order valence-corrected chi connectivity index (χ2v) is 4.68. The number of hydrogen-bond donors (Lipinski definition) is 1. The summed E-state index contributed by atoms with van der Waals surface area (Å²) in [6, 6.07) is 12.1. The lowest BCUT2D eigenvalue weighted by molar-refractivity contribution is 0.174. The number of allylic oxidation sites excluding steroid dienone is 1. The number of hydrogen-bond acceptors (Lipinski definition) is 4. The van der Waals surface area contributed by atoms with Crippen LogP contribution in [0.3, 0.4) is 0 Å². The second-order valence-electron chi connectivity index (χ2n) is 4.68. The summed E-state index contributed by atoms with van der Waals surface area (Å²) >= 11 is 0. The normalized spacial score (nSPS) is 12.8. The minimum atomic E-state index is -0.386. The van der Waals surface area contributed by atoms with Crippen molar-refractivity contribution in [1.82, 2.24) is 0 Å². The SMILES string of the molecule is O=c1ccccc(/C=C/Cc2ccc3c(c2)OCO3)c1O. The molecule has 0 unspecified atom stereocenters.